The van der Waals surface area contributed by atoms with E-state index >= 15 is 0 Å². The topological polar surface area (TPSA) is 55.8 Å². The first-order valence-corrected chi connectivity index (χ1v) is 4.92. The van der Waals surface area contributed by atoms with Gasteiger partial charge in [-0.05, 0) is 0 Å². The fourth-order valence-corrected chi connectivity index (χ4v) is 1.90. The van der Waals surface area contributed by atoms with Gasteiger partial charge in [-0.2, -0.15) is 0 Å². The standard InChI is InChI=1S/C4H8Cl2O4P/c1-9-11(8,10-2)4(7)3(5)6/h4,7H,1-2H3. The van der Waals surface area contributed by atoms with E-state index in [1.807, 2.05) is 0 Å². The molecule has 0 spiro atoms. The van der Waals surface area contributed by atoms with E-state index in [4.69, 9.17) is 28.3 Å². The summed E-state index contributed by atoms with van der Waals surface area (Å²) in [6.45, 7) is 0. The van der Waals surface area contributed by atoms with E-state index in [0.717, 1.165) is 14.2 Å². The first-order valence-electron chi connectivity index (χ1n) is 2.55. The molecule has 0 heterocycles. The predicted octanol–water partition coefficient (Wildman–Crippen LogP) is 1.76. The number of halogens is 2. The summed E-state index contributed by atoms with van der Waals surface area (Å²) in [4.78, 5) is -0.447. The molecule has 1 atom stereocenters. The lowest BCUT2D eigenvalue weighted by atomic mass is 10.8. The zero-order valence-corrected chi connectivity index (χ0v) is 8.36. The predicted molar refractivity (Wildman–Crippen MR) is 42.6 cm³/mol. The van der Waals surface area contributed by atoms with Gasteiger partial charge in [0.05, 0.1) is 0 Å². The Morgan fingerprint density at radius 3 is 1.91 bits per heavy atom. The highest BCUT2D eigenvalue weighted by molar-refractivity contribution is 7.54. The van der Waals surface area contributed by atoms with Crippen LogP contribution in [0.3, 0.4) is 0 Å². The molecule has 0 aliphatic heterocycles. The van der Waals surface area contributed by atoms with Crippen LogP contribution in [-0.4, -0.2) is 25.2 Å². The van der Waals surface area contributed by atoms with Crippen LogP contribution in [0.15, 0.2) is 0 Å². The van der Waals surface area contributed by atoms with Crippen LogP contribution in [0.2, 0.25) is 0 Å². The Kier molecular flexibility index (Phi) is 4.94. The lowest BCUT2D eigenvalue weighted by molar-refractivity contribution is 0.194. The van der Waals surface area contributed by atoms with Crippen molar-refractivity contribution in [3.63, 3.8) is 0 Å². The Labute approximate surface area is 74.9 Å². The summed E-state index contributed by atoms with van der Waals surface area (Å²) in [5.41, 5.74) is 0. The average Bonchev–Trinajstić information content (AvgIpc) is 2.01. The van der Waals surface area contributed by atoms with Crippen LogP contribution < -0.4 is 0 Å². The van der Waals surface area contributed by atoms with E-state index in [1.54, 1.807) is 0 Å². The Bertz CT molecular complexity index is 154. The van der Waals surface area contributed by atoms with Gasteiger partial charge in [-0.1, -0.05) is 23.2 Å². The second-order valence-corrected chi connectivity index (χ2v) is 4.88. The van der Waals surface area contributed by atoms with Crippen molar-refractivity contribution in [3.8, 4) is 0 Å². The molecule has 0 fully saturated rings. The lowest BCUT2D eigenvalue weighted by Gasteiger charge is -2.19. The summed E-state index contributed by atoms with van der Waals surface area (Å²) in [5.74, 6) is -1.60. The van der Waals surface area contributed by atoms with E-state index in [2.05, 4.69) is 9.05 Å². The molecule has 11 heavy (non-hydrogen) atoms. The minimum Gasteiger partial charge on any atom is -0.378 e. The van der Waals surface area contributed by atoms with Gasteiger partial charge in [-0.25, -0.2) is 0 Å². The molecule has 0 aromatic heterocycles. The zero-order valence-electron chi connectivity index (χ0n) is 5.95. The van der Waals surface area contributed by atoms with Crippen LogP contribution in [0.25, 0.3) is 0 Å². The molecule has 0 bridgehead atoms. The summed E-state index contributed by atoms with van der Waals surface area (Å²) in [5, 5.41) is 9.03. The first kappa shape index (κ1) is 11.7. The van der Waals surface area contributed by atoms with Crippen molar-refractivity contribution in [1.29, 1.82) is 0 Å². The number of hydrogen-bond donors (Lipinski definition) is 1. The van der Waals surface area contributed by atoms with Crippen LogP contribution >= 0.6 is 30.8 Å². The molecular weight excluding hydrogens is 214 g/mol. The number of rotatable bonds is 4. The van der Waals surface area contributed by atoms with E-state index in [-0.39, 0.29) is 0 Å². The largest absolute Gasteiger partial charge is 0.378 e. The Morgan fingerprint density at radius 1 is 1.45 bits per heavy atom. The van der Waals surface area contributed by atoms with Crippen LogP contribution in [0, 0.1) is 4.84 Å². The van der Waals surface area contributed by atoms with Crippen LogP contribution in [0.4, 0.5) is 0 Å². The molecule has 1 unspecified atom stereocenters. The molecule has 1 N–H and O–H groups in total. The molecule has 0 aliphatic carbocycles. The summed E-state index contributed by atoms with van der Waals surface area (Å²) in [6.07, 6.45) is 0. The fraction of sp³-hybridized carbons (Fsp3) is 0.750. The quantitative estimate of drug-likeness (QED) is 0.736. The third-order valence-corrected chi connectivity index (χ3v) is 3.60. The minimum absolute atomic E-state index is 0.447. The van der Waals surface area contributed by atoms with Crippen LogP contribution in [0.5, 0.6) is 0 Å². The van der Waals surface area contributed by atoms with Gasteiger partial charge in [0, 0.05) is 14.2 Å². The normalized spacial score (nSPS) is 15.5. The first-order chi connectivity index (χ1) is 4.98. The maximum absolute atomic E-state index is 11.2. The molecule has 67 valence electrons. The summed E-state index contributed by atoms with van der Waals surface area (Å²) in [6, 6.07) is 0. The second kappa shape index (κ2) is 4.65. The second-order valence-electron chi connectivity index (χ2n) is 1.57. The highest BCUT2D eigenvalue weighted by Gasteiger charge is 2.37. The van der Waals surface area contributed by atoms with Crippen molar-refractivity contribution in [2.45, 2.75) is 5.85 Å². The van der Waals surface area contributed by atoms with Gasteiger partial charge >= 0.3 is 7.60 Å². The summed E-state index contributed by atoms with van der Waals surface area (Å²) >= 11 is 10.3. The molecule has 0 saturated carbocycles. The number of hydrogen-bond acceptors (Lipinski definition) is 4. The van der Waals surface area contributed by atoms with Crippen molar-refractivity contribution in [3.05, 3.63) is 4.84 Å². The molecule has 0 rings (SSSR count). The maximum Gasteiger partial charge on any atom is 0.361 e. The van der Waals surface area contributed by atoms with E-state index < -0.39 is 18.3 Å². The van der Waals surface area contributed by atoms with Crippen LogP contribution in [0.1, 0.15) is 0 Å². The molecular formula is C4H8Cl2O4P. The fourth-order valence-electron chi connectivity index (χ4n) is 0.394. The Hall–Kier alpha value is 0.690. The van der Waals surface area contributed by atoms with Gasteiger partial charge in [0.25, 0.3) is 0 Å². The average molecular weight is 222 g/mol. The van der Waals surface area contributed by atoms with Crippen LogP contribution in [-0.2, 0) is 13.6 Å². The molecule has 0 amide bonds. The Morgan fingerprint density at radius 2 is 1.82 bits per heavy atom. The van der Waals surface area contributed by atoms with Gasteiger partial charge in [0.1, 0.15) is 0 Å². The van der Waals surface area contributed by atoms with E-state index in [0.29, 0.717) is 0 Å². The number of aliphatic hydroxyl groups excluding tert-OH is 1. The zero-order chi connectivity index (χ0) is 9.07. The highest BCUT2D eigenvalue weighted by atomic mass is 35.5. The molecule has 0 aromatic carbocycles. The summed E-state index contributed by atoms with van der Waals surface area (Å²) < 4.78 is 20.0. The third-order valence-electron chi connectivity index (χ3n) is 1.00. The van der Waals surface area contributed by atoms with Gasteiger partial charge in [-0.15, -0.1) is 0 Å². The highest BCUT2D eigenvalue weighted by Crippen LogP contribution is 2.55. The lowest BCUT2D eigenvalue weighted by Crippen LogP contribution is -2.12. The molecule has 0 aliphatic rings. The monoisotopic (exact) mass is 221 g/mol. The SMILES string of the molecule is COP(=O)(OC)C(O)[C](Cl)Cl. The maximum atomic E-state index is 11.2. The minimum atomic E-state index is -3.57. The van der Waals surface area contributed by atoms with Crippen molar-refractivity contribution in [2.75, 3.05) is 14.2 Å². The third kappa shape index (κ3) is 2.90. The smallest absolute Gasteiger partial charge is 0.361 e. The van der Waals surface area contributed by atoms with Gasteiger partial charge in [0.15, 0.2) is 10.7 Å². The van der Waals surface area contributed by atoms with Crippen molar-refractivity contribution < 1.29 is 18.7 Å². The van der Waals surface area contributed by atoms with Crippen molar-refractivity contribution in [2.24, 2.45) is 0 Å². The van der Waals surface area contributed by atoms with Crippen molar-refractivity contribution >= 4 is 30.8 Å². The van der Waals surface area contributed by atoms with Crippen molar-refractivity contribution in [1.82, 2.24) is 0 Å². The van der Waals surface area contributed by atoms with E-state index in [1.165, 1.54) is 0 Å². The Balaban J connectivity index is 4.38. The van der Waals surface area contributed by atoms with Gasteiger partial charge in [-0.3, -0.25) is 4.57 Å². The number of aliphatic hydroxyl groups is 1. The van der Waals surface area contributed by atoms with Gasteiger partial charge < -0.3 is 14.2 Å². The summed E-state index contributed by atoms with van der Waals surface area (Å²) in [7, 11) is -1.32. The molecule has 1 radical (unpaired) electrons. The van der Waals surface area contributed by atoms with E-state index in [9.17, 15) is 4.57 Å². The molecule has 0 saturated heterocycles. The van der Waals surface area contributed by atoms with Gasteiger partial charge in [0.2, 0.25) is 0 Å². The molecule has 7 heteroatoms. The molecule has 0 aromatic rings. The molecule has 4 nitrogen and oxygen atoms in total.